The highest BCUT2D eigenvalue weighted by Gasteiger charge is 2.32. The predicted octanol–water partition coefficient (Wildman–Crippen LogP) is 2.85. The van der Waals surface area contributed by atoms with Crippen molar-refractivity contribution in [2.45, 2.75) is 19.9 Å². The molecule has 0 saturated carbocycles. The number of rotatable bonds is 3. The molecule has 5 nitrogen and oxygen atoms in total. The highest BCUT2D eigenvalue weighted by molar-refractivity contribution is 7.09. The highest BCUT2D eigenvalue weighted by Crippen LogP contribution is 2.28. The minimum Gasteiger partial charge on any atom is -0.378 e. The van der Waals surface area contributed by atoms with Crippen molar-refractivity contribution in [2.75, 3.05) is 12.4 Å². The van der Waals surface area contributed by atoms with Crippen molar-refractivity contribution < 1.29 is 9.59 Å². The Bertz CT molecular complexity index is 738. The van der Waals surface area contributed by atoms with Gasteiger partial charge in [-0.2, -0.15) is 0 Å². The lowest BCUT2D eigenvalue weighted by Crippen LogP contribution is -2.24. The summed E-state index contributed by atoms with van der Waals surface area (Å²) in [4.78, 5) is 30.4. The molecule has 0 bridgehead atoms. The molecule has 2 heterocycles. The molecule has 0 aliphatic carbocycles. The average Bonchev–Trinajstić information content (AvgIpc) is 2.98. The first-order chi connectivity index (χ1) is 9.99. The van der Waals surface area contributed by atoms with Gasteiger partial charge in [0, 0.05) is 17.6 Å². The topological polar surface area (TPSA) is 62.3 Å². The van der Waals surface area contributed by atoms with Crippen LogP contribution in [0.1, 0.15) is 44.3 Å². The number of carbonyl (C=O) groups is 2. The molecule has 0 saturated heterocycles. The Labute approximate surface area is 126 Å². The Morgan fingerprint density at radius 3 is 2.62 bits per heavy atom. The number of amides is 2. The van der Waals surface area contributed by atoms with Gasteiger partial charge in [0.25, 0.3) is 11.8 Å². The number of hydrogen-bond donors (Lipinski definition) is 1. The lowest BCUT2D eigenvalue weighted by atomic mass is 10.1. The molecule has 6 heteroatoms. The second kappa shape index (κ2) is 4.96. The minimum atomic E-state index is -0.250. The number of hydrogen-bond acceptors (Lipinski definition) is 5. The third kappa shape index (κ3) is 2.21. The Kier molecular flexibility index (Phi) is 3.25. The third-order valence-electron chi connectivity index (χ3n) is 3.65. The summed E-state index contributed by atoms with van der Waals surface area (Å²) in [6.45, 7) is 4.02. The molecule has 1 aliphatic rings. The van der Waals surface area contributed by atoms with Crippen molar-refractivity contribution in [3.63, 3.8) is 0 Å². The number of nitrogens with one attached hydrogen (secondary N) is 1. The van der Waals surface area contributed by atoms with Gasteiger partial charge >= 0.3 is 0 Å². The molecule has 0 radical (unpaired) electrons. The molecule has 1 unspecified atom stereocenters. The molecule has 2 amide bonds. The van der Waals surface area contributed by atoms with E-state index in [1.807, 2.05) is 25.4 Å². The van der Waals surface area contributed by atoms with Crippen LogP contribution in [0.25, 0.3) is 0 Å². The van der Waals surface area contributed by atoms with Crippen LogP contribution in [0.4, 0.5) is 5.69 Å². The highest BCUT2D eigenvalue weighted by atomic mass is 32.1. The van der Waals surface area contributed by atoms with E-state index < -0.39 is 0 Å². The van der Waals surface area contributed by atoms with Gasteiger partial charge < -0.3 is 5.32 Å². The van der Waals surface area contributed by atoms with Crippen molar-refractivity contribution in [1.82, 2.24) is 9.88 Å². The zero-order chi connectivity index (χ0) is 15.1. The van der Waals surface area contributed by atoms with Crippen molar-refractivity contribution in [1.29, 1.82) is 0 Å². The molecule has 1 aliphatic heterocycles. The summed E-state index contributed by atoms with van der Waals surface area (Å²) in [6, 6.07) is 5.37. The fourth-order valence-electron chi connectivity index (χ4n) is 2.49. The summed E-state index contributed by atoms with van der Waals surface area (Å²) in [5, 5.41) is 3.35. The number of nitrogens with zero attached hydrogens (tertiary/aromatic N) is 2. The van der Waals surface area contributed by atoms with Gasteiger partial charge in [-0.1, -0.05) is 0 Å². The second-order valence-corrected chi connectivity index (χ2v) is 5.98. The number of imide groups is 1. The minimum absolute atomic E-state index is 0.0977. The van der Waals surface area contributed by atoms with E-state index in [0.717, 1.165) is 21.2 Å². The van der Waals surface area contributed by atoms with E-state index in [4.69, 9.17) is 0 Å². The summed E-state index contributed by atoms with van der Waals surface area (Å²) in [5.41, 5.74) is 4.58. The van der Waals surface area contributed by atoms with Gasteiger partial charge in [0.15, 0.2) is 0 Å². The summed E-state index contributed by atoms with van der Waals surface area (Å²) < 4.78 is 0. The second-order valence-electron chi connectivity index (χ2n) is 5.10. The summed E-state index contributed by atoms with van der Waals surface area (Å²) in [7, 11) is 1.50. The fourth-order valence-corrected chi connectivity index (χ4v) is 3.30. The maximum absolute atomic E-state index is 12.0. The zero-order valence-corrected chi connectivity index (χ0v) is 12.8. The van der Waals surface area contributed by atoms with Crippen molar-refractivity contribution in [3.8, 4) is 0 Å². The molecule has 1 aromatic heterocycles. The Morgan fingerprint density at radius 2 is 1.95 bits per heavy atom. The number of carbonyl (C=O) groups excluding carboxylic acids is 2. The van der Waals surface area contributed by atoms with E-state index in [9.17, 15) is 9.59 Å². The lowest BCUT2D eigenvalue weighted by Gasteiger charge is -2.14. The predicted molar refractivity (Wildman–Crippen MR) is 81.8 cm³/mol. The standard InChI is InChI=1S/C15H15N3O2S/c1-8-13(21-7-16-8)9(2)17-10-4-5-11-12(6-10)15(20)18(3)14(11)19/h4-7,9,17H,1-3H3. The average molecular weight is 301 g/mol. The van der Waals surface area contributed by atoms with Crippen molar-refractivity contribution in [3.05, 3.63) is 45.4 Å². The monoisotopic (exact) mass is 301 g/mol. The molecule has 1 aromatic carbocycles. The number of aryl methyl sites for hydroxylation is 1. The van der Waals surface area contributed by atoms with Gasteiger partial charge in [0.2, 0.25) is 0 Å². The van der Waals surface area contributed by atoms with Crippen molar-refractivity contribution >= 4 is 28.8 Å². The van der Waals surface area contributed by atoms with Gasteiger partial charge in [-0.15, -0.1) is 11.3 Å². The van der Waals surface area contributed by atoms with Gasteiger partial charge in [0.1, 0.15) is 0 Å². The maximum Gasteiger partial charge on any atom is 0.261 e. The van der Waals surface area contributed by atoms with Crippen LogP contribution in [0.5, 0.6) is 0 Å². The van der Waals surface area contributed by atoms with E-state index in [2.05, 4.69) is 10.3 Å². The van der Waals surface area contributed by atoms with Gasteiger partial charge in [-0.25, -0.2) is 4.98 Å². The largest absolute Gasteiger partial charge is 0.378 e. The van der Waals surface area contributed by atoms with Crippen LogP contribution in [0.2, 0.25) is 0 Å². The third-order valence-corrected chi connectivity index (χ3v) is 4.76. The molecule has 0 fully saturated rings. The first kappa shape index (κ1) is 13.8. The molecule has 0 spiro atoms. The number of anilines is 1. The smallest absolute Gasteiger partial charge is 0.261 e. The van der Waals surface area contributed by atoms with Crippen molar-refractivity contribution in [2.24, 2.45) is 0 Å². The molecular weight excluding hydrogens is 286 g/mol. The van der Waals surface area contributed by atoms with Crippen LogP contribution in [0, 0.1) is 6.92 Å². The van der Waals surface area contributed by atoms with E-state index in [1.165, 1.54) is 7.05 Å². The SMILES string of the molecule is Cc1ncsc1C(C)Nc1ccc2c(c1)C(=O)N(C)C2=O. The Morgan fingerprint density at radius 1 is 1.24 bits per heavy atom. The molecule has 2 aromatic rings. The van der Waals surface area contributed by atoms with Gasteiger partial charge in [-0.3, -0.25) is 14.5 Å². The quantitative estimate of drug-likeness (QED) is 0.886. The van der Waals surface area contributed by atoms with E-state index in [0.29, 0.717) is 11.1 Å². The van der Waals surface area contributed by atoms with Crippen LogP contribution in [-0.4, -0.2) is 28.7 Å². The molecule has 3 rings (SSSR count). The Hall–Kier alpha value is -2.21. The van der Waals surface area contributed by atoms with E-state index in [1.54, 1.807) is 23.5 Å². The summed E-state index contributed by atoms with van der Waals surface area (Å²) in [6.07, 6.45) is 0. The van der Waals surface area contributed by atoms with Crippen LogP contribution in [0.3, 0.4) is 0 Å². The van der Waals surface area contributed by atoms with Crippen LogP contribution in [-0.2, 0) is 0 Å². The fraction of sp³-hybridized carbons (Fsp3) is 0.267. The number of benzene rings is 1. The van der Waals surface area contributed by atoms with Crippen LogP contribution >= 0.6 is 11.3 Å². The number of aromatic nitrogens is 1. The van der Waals surface area contributed by atoms with Gasteiger partial charge in [-0.05, 0) is 32.0 Å². The van der Waals surface area contributed by atoms with E-state index >= 15 is 0 Å². The van der Waals surface area contributed by atoms with Crippen LogP contribution in [0.15, 0.2) is 23.7 Å². The first-order valence-corrected chi connectivity index (χ1v) is 7.50. The molecular formula is C15H15N3O2S. The normalized spacial score (nSPS) is 15.3. The zero-order valence-electron chi connectivity index (χ0n) is 12.0. The summed E-state index contributed by atoms with van der Waals surface area (Å²) >= 11 is 1.60. The van der Waals surface area contributed by atoms with Gasteiger partial charge in [0.05, 0.1) is 28.4 Å². The van der Waals surface area contributed by atoms with E-state index in [-0.39, 0.29) is 17.9 Å². The Balaban J connectivity index is 1.88. The lowest BCUT2D eigenvalue weighted by molar-refractivity contribution is 0.0693. The number of fused-ring (bicyclic) bond motifs is 1. The number of thiazole rings is 1. The first-order valence-electron chi connectivity index (χ1n) is 6.62. The molecule has 21 heavy (non-hydrogen) atoms. The van der Waals surface area contributed by atoms with Crippen LogP contribution < -0.4 is 5.32 Å². The maximum atomic E-state index is 12.0. The molecule has 108 valence electrons. The molecule has 1 N–H and O–H groups in total. The summed E-state index contributed by atoms with van der Waals surface area (Å²) in [5.74, 6) is -0.492. The molecule has 1 atom stereocenters.